The fourth-order valence-electron chi connectivity index (χ4n) is 3.19. The van der Waals surface area contributed by atoms with Crippen LogP contribution in [0.25, 0.3) is 0 Å². The Kier molecular flexibility index (Phi) is 5.50. The van der Waals surface area contributed by atoms with Crippen molar-refractivity contribution in [2.24, 2.45) is 0 Å². The number of hydrogen-bond acceptors (Lipinski definition) is 4. The number of carbonyl (C=O) groups excluding carboxylic acids is 4. The Morgan fingerprint density at radius 2 is 1.92 bits per heavy atom. The maximum Gasteiger partial charge on any atom is 0.322 e. The summed E-state index contributed by atoms with van der Waals surface area (Å²) in [5.41, 5.74) is 1.92. The first-order valence-electron chi connectivity index (χ1n) is 8.75. The SMILES string of the molecule is O=C1CC[C@H](C(=O)NCc2ccccc2CN2CCCC2=O)NC(=O)N1. The molecule has 2 heterocycles. The van der Waals surface area contributed by atoms with E-state index >= 15 is 0 Å². The first-order chi connectivity index (χ1) is 12.5. The van der Waals surface area contributed by atoms with Gasteiger partial charge in [-0.05, 0) is 24.0 Å². The monoisotopic (exact) mass is 358 g/mol. The highest BCUT2D eigenvalue weighted by Gasteiger charge is 2.26. The minimum Gasteiger partial charge on any atom is -0.350 e. The van der Waals surface area contributed by atoms with E-state index in [1.807, 2.05) is 29.2 Å². The van der Waals surface area contributed by atoms with Crippen LogP contribution in [-0.2, 0) is 27.5 Å². The normalized spacial score (nSPS) is 20.4. The standard InChI is InChI=1S/C18H22N4O4/c23-15-8-7-14(20-18(26)21-15)17(25)19-10-12-4-1-2-5-13(12)11-22-9-3-6-16(22)24/h1-2,4-5,14H,3,6-11H2,(H,19,25)(H2,20,21,23,26)/t14-/m1/s1. The summed E-state index contributed by atoms with van der Waals surface area (Å²) in [6.45, 7) is 1.59. The van der Waals surface area contributed by atoms with Crippen LogP contribution in [0, 0.1) is 0 Å². The molecule has 5 amide bonds. The maximum absolute atomic E-state index is 12.4. The fourth-order valence-corrected chi connectivity index (χ4v) is 3.19. The number of carbonyl (C=O) groups is 4. The van der Waals surface area contributed by atoms with Crippen LogP contribution in [-0.4, -0.2) is 41.2 Å². The summed E-state index contributed by atoms with van der Waals surface area (Å²) in [6, 6.07) is 6.25. The van der Waals surface area contributed by atoms with Crippen LogP contribution in [0.2, 0.25) is 0 Å². The van der Waals surface area contributed by atoms with E-state index in [1.54, 1.807) is 0 Å². The second-order valence-corrected chi connectivity index (χ2v) is 6.52. The zero-order chi connectivity index (χ0) is 18.5. The van der Waals surface area contributed by atoms with Crippen molar-refractivity contribution in [3.05, 3.63) is 35.4 Å². The molecule has 1 atom stereocenters. The van der Waals surface area contributed by atoms with E-state index < -0.39 is 18.0 Å². The van der Waals surface area contributed by atoms with Gasteiger partial charge in [0.15, 0.2) is 0 Å². The van der Waals surface area contributed by atoms with Crippen LogP contribution in [0.1, 0.15) is 36.8 Å². The van der Waals surface area contributed by atoms with Gasteiger partial charge < -0.3 is 15.5 Å². The van der Waals surface area contributed by atoms with Gasteiger partial charge in [-0.15, -0.1) is 0 Å². The minimum absolute atomic E-state index is 0.116. The Labute approximate surface area is 151 Å². The Morgan fingerprint density at radius 1 is 1.15 bits per heavy atom. The molecule has 138 valence electrons. The molecule has 8 nitrogen and oxygen atoms in total. The molecule has 0 aliphatic carbocycles. The van der Waals surface area contributed by atoms with Gasteiger partial charge in [-0.1, -0.05) is 24.3 Å². The molecular weight excluding hydrogens is 336 g/mol. The van der Waals surface area contributed by atoms with Gasteiger partial charge in [-0.2, -0.15) is 0 Å². The quantitative estimate of drug-likeness (QED) is 0.709. The third-order valence-corrected chi connectivity index (χ3v) is 4.64. The van der Waals surface area contributed by atoms with Crippen molar-refractivity contribution in [1.82, 2.24) is 20.9 Å². The second-order valence-electron chi connectivity index (χ2n) is 6.52. The third kappa shape index (κ3) is 4.38. The Bertz CT molecular complexity index is 734. The van der Waals surface area contributed by atoms with E-state index in [2.05, 4.69) is 16.0 Å². The van der Waals surface area contributed by atoms with E-state index in [0.717, 1.165) is 24.1 Å². The van der Waals surface area contributed by atoms with E-state index in [-0.39, 0.29) is 24.7 Å². The summed E-state index contributed by atoms with van der Waals surface area (Å²) in [7, 11) is 0. The summed E-state index contributed by atoms with van der Waals surface area (Å²) in [5.74, 6) is -0.567. The number of amides is 5. The van der Waals surface area contributed by atoms with Crippen LogP contribution in [0.15, 0.2) is 24.3 Å². The van der Waals surface area contributed by atoms with Gasteiger partial charge >= 0.3 is 6.03 Å². The molecular formula is C18H22N4O4. The summed E-state index contributed by atoms with van der Waals surface area (Å²) in [5, 5.41) is 7.45. The van der Waals surface area contributed by atoms with E-state index in [9.17, 15) is 19.2 Å². The molecule has 26 heavy (non-hydrogen) atoms. The van der Waals surface area contributed by atoms with Gasteiger partial charge in [0.05, 0.1) is 0 Å². The van der Waals surface area contributed by atoms with Crippen LogP contribution in [0.5, 0.6) is 0 Å². The van der Waals surface area contributed by atoms with Crippen molar-refractivity contribution in [3.63, 3.8) is 0 Å². The molecule has 2 fully saturated rings. The predicted octanol–water partition coefficient (Wildman–Crippen LogP) is 0.413. The zero-order valence-electron chi connectivity index (χ0n) is 14.4. The minimum atomic E-state index is -0.742. The molecule has 8 heteroatoms. The van der Waals surface area contributed by atoms with Crippen LogP contribution < -0.4 is 16.0 Å². The van der Waals surface area contributed by atoms with Crippen LogP contribution >= 0.6 is 0 Å². The molecule has 0 aromatic heterocycles. The number of nitrogens with one attached hydrogen (secondary N) is 3. The van der Waals surface area contributed by atoms with Crippen LogP contribution in [0.3, 0.4) is 0 Å². The molecule has 2 aliphatic heterocycles. The average molecular weight is 358 g/mol. The van der Waals surface area contributed by atoms with Gasteiger partial charge in [-0.3, -0.25) is 19.7 Å². The highest BCUT2D eigenvalue weighted by atomic mass is 16.2. The van der Waals surface area contributed by atoms with Crippen molar-refractivity contribution in [3.8, 4) is 0 Å². The second kappa shape index (κ2) is 7.99. The van der Waals surface area contributed by atoms with Gasteiger partial charge in [0.1, 0.15) is 6.04 Å². The Morgan fingerprint density at radius 3 is 2.65 bits per heavy atom. The number of hydrogen-bond donors (Lipinski definition) is 3. The molecule has 0 saturated carbocycles. The molecule has 0 unspecified atom stereocenters. The van der Waals surface area contributed by atoms with Gasteiger partial charge in [0.25, 0.3) is 0 Å². The molecule has 0 radical (unpaired) electrons. The highest BCUT2D eigenvalue weighted by Crippen LogP contribution is 2.17. The number of urea groups is 1. The first kappa shape index (κ1) is 17.9. The lowest BCUT2D eigenvalue weighted by molar-refractivity contribution is -0.128. The molecule has 3 rings (SSSR count). The maximum atomic E-state index is 12.4. The Balaban J connectivity index is 1.60. The molecule has 1 aromatic rings. The van der Waals surface area contributed by atoms with E-state index in [0.29, 0.717) is 19.5 Å². The number of nitrogens with zero attached hydrogens (tertiary/aromatic N) is 1. The van der Waals surface area contributed by atoms with Gasteiger partial charge in [0.2, 0.25) is 17.7 Å². The van der Waals surface area contributed by atoms with Crippen molar-refractivity contribution < 1.29 is 19.2 Å². The van der Waals surface area contributed by atoms with Crippen molar-refractivity contribution in [1.29, 1.82) is 0 Å². The number of benzene rings is 1. The molecule has 1 aromatic carbocycles. The summed E-state index contributed by atoms with van der Waals surface area (Å²) in [6.07, 6.45) is 1.84. The van der Waals surface area contributed by atoms with Gasteiger partial charge in [0, 0.05) is 32.5 Å². The largest absolute Gasteiger partial charge is 0.350 e. The molecule has 3 N–H and O–H groups in total. The molecule has 0 bridgehead atoms. The average Bonchev–Trinajstić information content (AvgIpc) is 2.93. The summed E-state index contributed by atoms with van der Waals surface area (Å²) >= 11 is 0. The number of imide groups is 1. The van der Waals surface area contributed by atoms with Crippen LogP contribution in [0.4, 0.5) is 4.79 Å². The van der Waals surface area contributed by atoms with Crippen molar-refractivity contribution in [2.45, 2.75) is 44.8 Å². The lowest BCUT2D eigenvalue weighted by Crippen LogP contribution is -2.48. The third-order valence-electron chi connectivity index (χ3n) is 4.64. The number of likely N-dealkylation sites (tertiary alicyclic amines) is 1. The number of rotatable bonds is 5. The highest BCUT2D eigenvalue weighted by molar-refractivity contribution is 5.98. The van der Waals surface area contributed by atoms with Crippen molar-refractivity contribution in [2.75, 3.05) is 6.54 Å². The molecule has 2 saturated heterocycles. The van der Waals surface area contributed by atoms with Crippen molar-refractivity contribution >= 4 is 23.8 Å². The van der Waals surface area contributed by atoms with E-state index in [1.165, 1.54) is 0 Å². The lowest BCUT2D eigenvalue weighted by atomic mass is 10.1. The zero-order valence-corrected chi connectivity index (χ0v) is 14.4. The first-order valence-corrected chi connectivity index (χ1v) is 8.75. The fraction of sp³-hybridized carbons (Fsp3) is 0.444. The molecule has 2 aliphatic rings. The molecule has 0 spiro atoms. The summed E-state index contributed by atoms with van der Waals surface area (Å²) < 4.78 is 0. The topological polar surface area (TPSA) is 108 Å². The predicted molar refractivity (Wildman–Crippen MR) is 92.6 cm³/mol. The Hall–Kier alpha value is -2.90. The summed E-state index contributed by atoms with van der Waals surface area (Å²) in [4.78, 5) is 48.9. The smallest absolute Gasteiger partial charge is 0.322 e. The van der Waals surface area contributed by atoms with E-state index in [4.69, 9.17) is 0 Å². The van der Waals surface area contributed by atoms with Gasteiger partial charge in [-0.25, -0.2) is 4.79 Å². The lowest BCUT2D eigenvalue weighted by Gasteiger charge is -2.19.